The van der Waals surface area contributed by atoms with Crippen LogP contribution in [-0.2, 0) is 14.8 Å². The second-order valence-corrected chi connectivity index (χ2v) is 8.75. The van der Waals surface area contributed by atoms with Crippen molar-refractivity contribution in [2.45, 2.75) is 4.90 Å². The van der Waals surface area contributed by atoms with Crippen LogP contribution in [0.25, 0.3) is 0 Å². The van der Waals surface area contributed by atoms with Crippen LogP contribution in [0.4, 0.5) is 5.69 Å². The Bertz CT molecular complexity index is 879. The van der Waals surface area contributed by atoms with Gasteiger partial charge in [-0.2, -0.15) is 15.6 Å². The third-order valence-electron chi connectivity index (χ3n) is 3.63. The van der Waals surface area contributed by atoms with Crippen molar-refractivity contribution in [3.8, 4) is 0 Å². The van der Waals surface area contributed by atoms with Crippen LogP contribution < -0.4 is 5.32 Å². The van der Waals surface area contributed by atoms with Crippen LogP contribution in [0.15, 0.2) is 33.9 Å². The molecule has 2 heterocycles. The molecule has 3 rings (SSSR count). The monoisotopic (exact) mass is 420 g/mol. The number of halogens is 2. The van der Waals surface area contributed by atoms with E-state index < -0.39 is 15.9 Å². The van der Waals surface area contributed by atoms with Crippen molar-refractivity contribution in [2.75, 3.05) is 31.6 Å². The Kier molecular flexibility index (Phi) is 5.67. The third kappa shape index (κ3) is 3.99. The highest BCUT2D eigenvalue weighted by Gasteiger charge is 2.30. The van der Waals surface area contributed by atoms with Gasteiger partial charge in [0.2, 0.25) is 10.0 Å². The van der Waals surface area contributed by atoms with E-state index in [4.69, 9.17) is 27.9 Å². The van der Waals surface area contributed by atoms with E-state index in [-0.39, 0.29) is 33.6 Å². The molecule has 1 aromatic heterocycles. The van der Waals surface area contributed by atoms with Crippen molar-refractivity contribution in [3.63, 3.8) is 0 Å². The normalized spacial score (nSPS) is 15.9. The van der Waals surface area contributed by atoms with E-state index in [1.165, 1.54) is 27.8 Å². The molecule has 25 heavy (non-hydrogen) atoms. The Hall–Kier alpha value is -1.16. The molecule has 134 valence electrons. The van der Waals surface area contributed by atoms with Gasteiger partial charge in [0.25, 0.3) is 5.91 Å². The Morgan fingerprint density at radius 3 is 2.56 bits per heavy atom. The van der Waals surface area contributed by atoms with Crippen molar-refractivity contribution in [1.82, 2.24) is 4.31 Å². The lowest BCUT2D eigenvalue weighted by atomic mass is 10.2. The van der Waals surface area contributed by atoms with E-state index in [1.54, 1.807) is 11.4 Å². The largest absolute Gasteiger partial charge is 0.379 e. The molecule has 0 aliphatic carbocycles. The Morgan fingerprint density at radius 1 is 1.20 bits per heavy atom. The quantitative estimate of drug-likeness (QED) is 0.822. The first-order valence-corrected chi connectivity index (χ1v) is 10.4. The molecule has 1 aliphatic rings. The number of ether oxygens (including phenoxy) is 1. The second-order valence-electron chi connectivity index (χ2n) is 5.25. The highest BCUT2D eigenvalue weighted by Crippen LogP contribution is 2.31. The minimum atomic E-state index is -3.84. The molecule has 0 saturated carbocycles. The first kappa shape index (κ1) is 18.6. The topological polar surface area (TPSA) is 75.7 Å². The van der Waals surface area contributed by atoms with Gasteiger partial charge in [-0.1, -0.05) is 23.2 Å². The highest BCUT2D eigenvalue weighted by atomic mass is 35.5. The van der Waals surface area contributed by atoms with Crippen molar-refractivity contribution >= 4 is 56.2 Å². The zero-order chi connectivity index (χ0) is 18.0. The summed E-state index contributed by atoms with van der Waals surface area (Å²) in [5, 5.41) is 6.30. The summed E-state index contributed by atoms with van der Waals surface area (Å²) in [7, 11) is -3.84. The maximum atomic E-state index is 12.8. The summed E-state index contributed by atoms with van der Waals surface area (Å²) in [5.41, 5.74) is 0.655. The Morgan fingerprint density at radius 2 is 1.92 bits per heavy atom. The molecule has 1 fully saturated rings. The average molecular weight is 421 g/mol. The van der Waals surface area contributed by atoms with Crippen LogP contribution in [0, 0.1) is 0 Å². The summed E-state index contributed by atoms with van der Waals surface area (Å²) in [6.07, 6.45) is 0. The molecule has 0 atom stereocenters. The van der Waals surface area contributed by atoms with E-state index in [1.807, 2.05) is 5.38 Å². The minimum Gasteiger partial charge on any atom is -0.379 e. The molecule has 1 aromatic carbocycles. The van der Waals surface area contributed by atoms with Gasteiger partial charge in [0.1, 0.15) is 4.90 Å². The van der Waals surface area contributed by atoms with Gasteiger partial charge in [0.15, 0.2) is 0 Å². The second kappa shape index (κ2) is 7.61. The van der Waals surface area contributed by atoms with Gasteiger partial charge in [0.05, 0.1) is 34.5 Å². The predicted molar refractivity (Wildman–Crippen MR) is 98.3 cm³/mol. The van der Waals surface area contributed by atoms with Gasteiger partial charge in [-0.25, -0.2) is 8.42 Å². The number of carbonyl (C=O) groups excluding carboxylic acids is 1. The SMILES string of the molecule is O=C(Nc1ccsc1)c1cc(S(=O)(=O)N2CCOCC2)c(Cl)cc1Cl. The summed E-state index contributed by atoms with van der Waals surface area (Å²) in [6, 6.07) is 4.23. The molecule has 1 saturated heterocycles. The Balaban J connectivity index is 1.96. The number of morpholine rings is 1. The molecular formula is C15H14Cl2N2O4S2. The van der Waals surface area contributed by atoms with Crippen molar-refractivity contribution in [1.29, 1.82) is 0 Å². The number of nitrogens with zero attached hydrogens (tertiary/aromatic N) is 1. The number of hydrogen-bond donors (Lipinski definition) is 1. The standard InChI is InChI=1S/C15H14Cl2N2O4S2/c16-12-8-13(17)14(25(21,22)19-2-4-23-5-3-19)7-11(12)15(20)18-10-1-6-24-9-10/h1,6-9H,2-5H2,(H,18,20). The first-order chi connectivity index (χ1) is 11.9. The van der Waals surface area contributed by atoms with Crippen LogP contribution in [0.2, 0.25) is 10.0 Å². The summed E-state index contributed by atoms with van der Waals surface area (Å²) in [4.78, 5) is 12.3. The number of hydrogen-bond acceptors (Lipinski definition) is 5. The van der Waals surface area contributed by atoms with Gasteiger partial charge in [-0.3, -0.25) is 4.79 Å². The number of anilines is 1. The number of rotatable bonds is 4. The van der Waals surface area contributed by atoms with Crippen molar-refractivity contribution in [2.24, 2.45) is 0 Å². The van der Waals surface area contributed by atoms with Crippen molar-refractivity contribution < 1.29 is 17.9 Å². The van der Waals surface area contributed by atoms with E-state index >= 15 is 0 Å². The molecule has 0 bridgehead atoms. The lowest BCUT2D eigenvalue weighted by Gasteiger charge is -2.26. The number of sulfonamides is 1. The molecule has 0 radical (unpaired) electrons. The lowest BCUT2D eigenvalue weighted by Crippen LogP contribution is -2.40. The van der Waals surface area contributed by atoms with Crippen LogP contribution in [-0.4, -0.2) is 44.9 Å². The third-order valence-corrected chi connectivity index (χ3v) is 6.99. The summed E-state index contributed by atoms with van der Waals surface area (Å²) < 4.78 is 32.1. The predicted octanol–water partition coefficient (Wildman–Crippen LogP) is 3.33. The summed E-state index contributed by atoms with van der Waals surface area (Å²) >= 11 is 13.6. The number of thiophene rings is 1. The summed E-state index contributed by atoms with van der Waals surface area (Å²) in [6.45, 7) is 1.10. The zero-order valence-electron chi connectivity index (χ0n) is 12.9. The number of nitrogens with one attached hydrogen (secondary N) is 1. The molecule has 1 aliphatic heterocycles. The van der Waals surface area contributed by atoms with E-state index in [2.05, 4.69) is 5.32 Å². The fraction of sp³-hybridized carbons (Fsp3) is 0.267. The molecule has 1 amide bonds. The van der Waals surface area contributed by atoms with Crippen LogP contribution >= 0.6 is 34.5 Å². The minimum absolute atomic E-state index is 0.0245. The molecule has 0 unspecified atom stereocenters. The number of benzene rings is 1. The maximum Gasteiger partial charge on any atom is 0.257 e. The molecular weight excluding hydrogens is 407 g/mol. The fourth-order valence-electron chi connectivity index (χ4n) is 2.36. The van der Waals surface area contributed by atoms with Gasteiger partial charge in [0, 0.05) is 18.5 Å². The van der Waals surface area contributed by atoms with Gasteiger partial charge >= 0.3 is 0 Å². The number of amides is 1. The molecule has 10 heteroatoms. The zero-order valence-corrected chi connectivity index (χ0v) is 16.0. The van der Waals surface area contributed by atoms with Crippen LogP contribution in [0.3, 0.4) is 0 Å². The van der Waals surface area contributed by atoms with E-state index in [0.29, 0.717) is 18.9 Å². The molecule has 0 spiro atoms. The molecule has 2 aromatic rings. The molecule has 6 nitrogen and oxygen atoms in total. The van der Waals surface area contributed by atoms with Gasteiger partial charge in [-0.15, -0.1) is 0 Å². The molecule has 1 N–H and O–H groups in total. The van der Waals surface area contributed by atoms with E-state index in [0.717, 1.165) is 0 Å². The number of carbonyl (C=O) groups is 1. The van der Waals surface area contributed by atoms with Gasteiger partial charge < -0.3 is 10.1 Å². The van der Waals surface area contributed by atoms with Crippen LogP contribution in [0.5, 0.6) is 0 Å². The maximum absolute atomic E-state index is 12.8. The smallest absolute Gasteiger partial charge is 0.257 e. The first-order valence-electron chi connectivity index (χ1n) is 7.30. The average Bonchev–Trinajstić information content (AvgIpc) is 3.08. The van der Waals surface area contributed by atoms with E-state index in [9.17, 15) is 13.2 Å². The summed E-state index contributed by atoms with van der Waals surface area (Å²) in [5.74, 6) is -0.501. The van der Waals surface area contributed by atoms with Gasteiger partial charge in [-0.05, 0) is 23.6 Å². The Labute approximate surface area is 159 Å². The lowest BCUT2D eigenvalue weighted by molar-refractivity contribution is 0.0730. The fourth-order valence-corrected chi connectivity index (χ4v) is 5.19. The highest BCUT2D eigenvalue weighted by molar-refractivity contribution is 7.89. The van der Waals surface area contributed by atoms with Crippen LogP contribution in [0.1, 0.15) is 10.4 Å². The van der Waals surface area contributed by atoms with Crippen molar-refractivity contribution in [3.05, 3.63) is 44.6 Å².